The Bertz CT molecular complexity index is 417. The van der Waals surface area contributed by atoms with Crippen LogP contribution in [0.4, 0.5) is 0 Å². The summed E-state index contributed by atoms with van der Waals surface area (Å²) in [6, 6.07) is 8.74. The number of rotatable bonds is 7. The van der Waals surface area contributed by atoms with Gasteiger partial charge in [-0.05, 0) is 5.56 Å². The molecule has 1 N–H and O–H groups in total. The number of carbonyl (C=O) groups excluding carboxylic acids is 2. The van der Waals surface area contributed by atoms with Crippen molar-refractivity contribution in [3.63, 3.8) is 0 Å². The molecule has 0 spiro atoms. The van der Waals surface area contributed by atoms with E-state index in [0.717, 1.165) is 5.56 Å². The summed E-state index contributed by atoms with van der Waals surface area (Å²) in [5.74, 6) is -0.232. The van der Waals surface area contributed by atoms with Crippen molar-refractivity contribution in [3.8, 4) is 0 Å². The maximum Gasteiger partial charge on any atom is 0.223 e. The zero-order valence-electron chi connectivity index (χ0n) is 11.5. The van der Waals surface area contributed by atoms with E-state index < -0.39 is 6.04 Å². The zero-order valence-corrected chi connectivity index (χ0v) is 11.5. The lowest BCUT2D eigenvalue weighted by Gasteiger charge is -2.29. The normalized spacial score (nSPS) is 11.9. The predicted octanol–water partition coefficient (Wildman–Crippen LogP) is 1.77. The first-order chi connectivity index (χ1) is 9.13. The Morgan fingerprint density at radius 3 is 2.26 bits per heavy atom. The molecule has 104 valence electrons. The van der Waals surface area contributed by atoms with Gasteiger partial charge in [-0.15, -0.1) is 0 Å². The fourth-order valence-electron chi connectivity index (χ4n) is 1.97. The predicted molar refractivity (Wildman–Crippen MR) is 73.5 cm³/mol. The molecule has 0 radical (unpaired) electrons. The second kappa shape index (κ2) is 7.69. The molecular formula is C15H21NO3. The number of carbonyl (C=O) groups is 2. The summed E-state index contributed by atoms with van der Waals surface area (Å²) in [5, 5.41) is 9.41. The number of Topliss-reactive ketones (excluding diaryl/α,β-unsaturated/α-hetero) is 1. The maximum absolute atomic E-state index is 12.0. The highest BCUT2D eigenvalue weighted by molar-refractivity contribution is 5.89. The summed E-state index contributed by atoms with van der Waals surface area (Å²) in [6.45, 7) is 3.52. The Hall–Kier alpha value is -1.68. The van der Waals surface area contributed by atoms with Crippen LogP contribution in [0, 0.1) is 0 Å². The van der Waals surface area contributed by atoms with Gasteiger partial charge in [-0.1, -0.05) is 44.2 Å². The van der Waals surface area contributed by atoms with Crippen molar-refractivity contribution < 1.29 is 14.7 Å². The summed E-state index contributed by atoms with van der Waals surface area (Å²) in [6.07, 6.45) is 0.633. The van der Waals surface area contributed by atoms with Gasteiger partial charge in [-0.3, -0.25) is 9.59 Å². The van der Waals surface area contributed by atoms with Crippen LogP contribution in [0.3, 0.4) is 0 Å². The molecule has 0 fully saturated rings. The van der Waals surface area contributed by atoms with Gasteiger partial charge in [-0.25, -0.2) is 0 Å². The maximum atomic E-state index is 12.0. The minimum absolute atomic E-state index is 0.111. The molecule has 1 amide bonds. The van der Waals surface area contributed by atoms with E-state index >= 15 is 0 Å². The highest BCUT2D eigenvalue weighted by Gasteiger charge is 2.27. The number of hydrogen-bond donors (Lipinski definition) is 1. The summed E-state index contributed by atoms with van der Waals surface area (Å²) in [7, 11) is 0. The minimum atomic E-state index is -0.738. The SMILES string of the molecule is CCC(=O)[C@@H](CO)N(Cc1ccccc1)C(=O)CC. The van der Waals surface area contributed by atoms with Crippen LogP contribution in [-0.2, 0) is 16.1 Å². The first-order valence-corrected chi connectivity index (χ1v) is 6.60. The molecule has 0 aliphatic heterocycles. The van der Waals surface area contributed by atoms with Gasteiger partial charge >= 0.3 is 0 Å². The zero-order chi connectivity index (χ0) is 14.3. The molecule has 0 heterocycles. The molecule has 1 rings (SSSR count). The van der Waals surface area contributed by atoms with Crippen molar-refractivity contribution in [2.75, 3.05) is 6.61 Å². The van der Waals surface area contributed by atoms with E-state index in [1.807, 2.05) is 30.3 Å². The van der Waals surface area contributed by atoms with Gasteiger partial charge in [0, 0.05) is 19.4 Å². The summed E-state index contributed by atoms with van der Waals surface area (Å²) in [5.41, 5.74) is 0.951. The van der Waals surface area contributed by atoms with E-state index in [1.165, 1.54) is 4.90 Å². The standard InChI is InChI=1S/C15H21NO3/c1-3-14(18)13(11-17)16(15(19)4-2)10-12-8-6-5-7-9-12/h5-9,13,17H,3-4,10-11H2,1-2H3/t13-/m1/s1. The fraction of sp³-hybridized carbons (Fsp3) is 0.467. The van der Waals surface area contributed by atoms with Crippen LogP contribution in [0.25, 0.3) is 0 Å². The monoisotopic (exact) mass is 263 g/mol. The van der Waals surface area contributed by atoms with E-state index in [1.54, 1.807) is 13.8 Å². The third-order valence-electron chi connectivity index (χ3n) is 3.09. The molecule has 0 bridgehead atoms. The average molecular weight is 263 g/mol. The van der Waals surface area contributed by atoms with Crippen molar-refractivity contribution in [2.45, 2.75) is 39.3 Å². The number of aliphatic hydroxyl groups is 1. The molecule has 4 nitrogen and oxygen atoms in total. The molecule has 0 unspecified atom stereocenters. The van der Waals surface area contributed by atoms with Crippen LogP contribution in [0.1, 0.15) is 32.3 Å². The molecule has 0 aromatic heterocycles. The molecule has 0 saturated heterocycles. The van der Waals surface area contributed by atoms with Gasteiger partial charge in [0.25, 0.3) is 0 Å². The Labute approximate surface area is 114 Å². The Kier molecular flexibility index (Phi) is 6.22. The lowest BCUT2D eigenvalue weighted by molar-refractivity contribution is -0.141. The molecule has 1 aromatic rings. The smallest absolute Gasteiger partial charge is 0.223 e. The highest BCUT2D eigenvalue weighted by Crippen LogP contribution is 2.12. The van der Waals surface area contributed by atoms with Crippen molar-refractivity contribution >= 4 is 11.7 Å². The average Bonchev–Trinajstić information content (AvgIpc) is 2.46. The molecule has 0 saturated carbocycles. The number of amides is 1. The topological polar surface area (TPSA) is 57.6 Å². The van der Waals surface area contributed by atoms with Gasteiger partial charge in [0.05, 0.1) is 6.61 Å². The van der Waals surface area contributed by atoms with Crippen LogP contribution in [0.5, 0.6) is 0 Å². The van der Waals surface area contributed by atoms with E-state index in [9.17, 15) is 14.7 Å². The van der Waals surface area contributed by atoms with Gasteiger partial charge < -0.3 is 10.0 Å². The number of benzene rings is 1. The first-order valence-electron chi connectivity index (χ1n) is 6.60. The van der Waals surface area contributed by atoms with E-state index in [0.29, 0.717) is 19.4 Å². The molecule has 1 atom stereocenters. The Morgan fingerprint density at radius 1 is 1.16 bits per heavy atom. The van der Waals surface area contributed by atoms with Crippen molar-refractivity contribution in [3.05, 3.63) is 35.9 Å². The number of aliphatic hydroxyl groups excluding tert-OH is 1. The minimum Gasteiger partial charge on any atom is -0.394 e. The van der Waals surface area contributed by atoms with E-state index in [-0.39, 0.29) is 18.3 Å². The summed E-state index contributed by atoms with van der Waals surface area (Å²) in [4.78, 5) is 25.3. The number of nitrogens with zero attached hydrogens (tertiary/aromatic N) is 1. The fourth-order valence-corrected chi connectivity index (χ4v) is 1.97. The van der Waals surface area contributed by atoms with Gasteiger partial charge in [-0.2, -0.15) is 0 Å². The molecule has 1 aromatic carbocycles. The second-order valence-corrected chi connectivity index (χ2v) is 4.38. The molecule has 4 heteroatoms. The second-order valence-electron chi connectivity index (χ2n) is 4.38. The molecule has 0 aliphatic rings. The lowest BCUT2D eigenvalue weighted by Crippen LogP contribution is -2.46. The Balaban J connectivity index is 2.94. The van der Waals surface area contributed by atoms with Crippen molar-refractivity contribution in [1.82, 2.24) is 4.90 Å². The number of ketones is 1. The van der Waals surface area contributed by atoms with Crippen molar-refractivity contribution in [1.29, 1.82) is 0 Å². The summed E-state index contributed by atoms with van der Waals surface area (Å²) >= 11 is 0. The van der Waals surface area contributed by atoms with Crippen molar-refractivity contribution in [2.24, 2.45) is 0 Å². The molecule has 0 aliphatic carbocycles. The first kappa shape index (κ1) is 15.4. The summed E-state index contributed by atoms with van der Waals surface area (Å²) < 4.78 is 0. The van der Waals surface area contributed by atoms with E-state index in [2.05, 4.69) is 0 Å². The third-order valence-corrected chi connectivity index (χ3v) is 3.09. The van der Waals surface area contributed by atoms with Crippen LogP contribution in [0.2, 0.25) is 0 Å². The van der Waals surface area contributed by atoms with Crippen LogP contribution < -0.4 is 0 Å². The van der Waals surface area contributed by atoms with Gasteiger partial charge in [0.15, 0.2) is 5.78 Å². The van der Waals surface area contributed by atoms with Gasteiger partial charge in [0.1, 0.15) is 6.04 Å². The Morgan fingerprint density at radius 2 is 1.79 bits per heavy atom. The van der Waals surface area contributed by atoms with Crippen LogP contribution >= 0.6 is 0 Å². The lowest BCUT2D eigenvalue weighted by atomic mass is 10.1. The number of hydrogen-bond acceptors (Lipinski definition) is 3. The quantitative estimate of drug-likeness (QED) is 0.815. The molecule has 19 heavy (non-hydrogen) atoms. The molecular weight excluding hydrogens is 242 g/mol. The van der Waals surface area contributed by atoms with Crippen LogP contribution in [-0.4, -0.2) is 34.3 Å². The largest absolute Gasteiger partial charge is 0.394 e. The third kappa shape index (κ3) is 4.17. The van der Waals surface area contributed by atoms with E-state index in [4.69, 9.17) is 0 Å². The van der Waals surface area contributed by atoms with Gasteiger partial charge in [0.2, 0.25) is 5.91 Å². The highest BCUT2D eigenvalue weighted by atomic mass is 16.3. The van der Waals surface area contributed by atoms with Crippen LogP contribution in [0.15, 0.2) is 30.3 Å².